The molecule has 3 nitrogen and oxygen atoms in total. The minimum Gasteiger partial charge on any atom is -0.481 e. The Balaban J connectivity index is 3.01. The van der Waals surface area contributed by atoms with Crippen LogP contribution in [0.1, 0.15) is 24.9 Å². The monoisotopic (exact) mass is 200 g/mol. The molecule has 13 heavy (non-hydrogen) atoms. The van der Waals surface area contributed by atoms with E-state index >= 15 is 0 Å². The van der Waals surface area contributed by atoms with Crippen LogP contribution in [0.3, 0.4) is 0 Å². The normalized spacial score (nSPS) is 12.6. The zero-order valence-electron chi connectivity index (χ0n) is 7.75. The topological polar surface area (TPSA) is 48.1 Å². The van der Waals surface area contributed by atoms with Crippen LogP contribution in [0.5, 0.6) is 5.88 Å². The summed E-state index contributed by atoms with van der Waals surface area (Å²) in [5.74, 6) is 0.506. The number of methoxy groups -OCH3 is 1. The Morgan fingerprint density at radius 1 is 1.62 bits per heavy atom. The van der Waals surface area contributed by atoms with E-state index in [0.717, 1.165) is 12.0 Å². The molecule has 0 aromatic carbocycles. The molecular formula is C9H13ClN2O. The van der Waals surface area contributed by atoms with E-state index in [0.29, 0.717) is 11.0 Å². The molecule has 0 spiro atoms. The summed E-state index contributed by atoms with van der Waals surface area (Å²) in [7, 11) is 1.56. The Morgan fingerprint density at radius 2 is 2.31 bits per heavy atom. The third-order valence-electron chi connectivity index (χ3n) is 1.87. The molecule has 0 radical (unpaired) electrons. The highest BCUT2D eigenvalue weighted by Crippen LogP contribution is 2.21. The second-order valence-electron chi connectivity index (χ2n) is 2.78. The molecule has 1 aromatic heterocycles. The maximum absolute atomic E-state index is 5.84. The Morgan fingerprint density at radius 3 is 2.85 bits per heavy atom. The molecule has 2 N–H and O–H groups in total. The molecule has 1 atom stereocenters. The first kappa shape index (κ1) is 10.3. The van der Waals surface area contributed by atoms with Gasteiger partial charge < -0.3 is 10.5 Å². The van der Waals surface area contributed by atoms with E-state index < -0.39 is 0 Å². The second-order valence-corrected chi connectivity index (χ2v) is 3.17. The molecule has 1 heterocycles. The van der Waals surface area contributed by atoms with Crippen LogP contribution < -0.4 is 10.5 Å². The van der Waals surface area contributed by atoms with Crippen molar-refractivity contribution < 1.29 is 4.74 Å². The Bertz CT molecular complexity index is 291. The van der Waals surface area contributed by atoms with Gasteiger partial charge in [0.05, 0.1) is 7.11 Å². The van der Waals surface area contributed by atoms with Crippen LogP contribution in [0, 0.1) is 0 Å². The van der Waals surface area contributed by atoms with E-state index in [1.54, 1.807) is 19.2 Å². The lowest BCUT2D eigenvalue weighted by Gasteiger charge is -2.10. The van der Waals surface area contributed by atoms with Crippen LogP contribution in [0.25, 0.3) is 0 Å². The van der Waals surface area contributed by atoms with Crippen LogP contribution in [-0.4, -0.2) is 12.1 Å². The zero-order chi connectivity index (χ0) is 9.84. The largest absolute Gasteiger partial charge is 0.481 e. The first-order valence-corrected chi connectivity index (χ1v) is 4.52. The van der Waals surface area contributed by atoms with Gasteiger partial charge in [-0.3, -0.25) is 0 Å². The number of hydrogen-bond donors (Lipinski definition) is 1. The number of hydrogen-bond acceptors (Lipinski definition) is 3. The van der Waals surface area contributed by atoms with Crippen molar-refractivity contribution in [2.45, 2.75) is 19.4 Å². The molecule has 0 amide bonds. The molecule has 4 heteroatoms. The molecule has 0 unspecified atom stereocenters. The van der Waals surface area contributed by atoms with E-state index in [9.17, 15) is 0 Å². The van der Waals surface area contributed by atoms with Gasteiger partial charge >= 0.3 is 0 Å². The Hall–Kier alpha value is -0.800. The highest BCUT2D eigenvalue weighted by atomic mass is 35.5. The minimum absolute atomic E-state index is 0.00519. The summed E-state index contributed by atoms with van der Waals surface area (Å²) in [5, 5.41) is 0.415. The third-order valence-corrected chi connectivity index (χ3v) is 2.06. The lowest BCUT2D eigenvalue weighted by atomic mass is 10.1. The summed E-state index contributed by atoms with van der Waals surface area (Å²) < 4.78 is 4.98. The summed E-state index contributed by atoms with van der Waals surface area (Å²) in [6.45, 7) is 2.02. The average Bonchev–Trinajstić information content (AvgIpc) is 2.15. The van der Waals surface area contributed by atoms with Gasteiger partial charge in [-0.1, -0.05) is 18.5 Å². The van der Waals surface area contributed by atoms with Crippen molar-refractivity contribution >= 4 is 11.6 Å². The molecule has 0 aliphatic carbocycles. The van der Waals surface area contributed by atoms with Crippen molar-refractivity contribution in [2.75, 3.05) is 7.11 Å². The molecule has 72 valence electrons. The van der Waals surface area contributed by atoms with Gasteiger partial charge in [0.2, 0.25) is 5.88 Å². The minimum atomic E-state index is -0.00519. The van der Waals surface area contributed by atoms with E-state index in [1.807, 2.05) is 6.92 Å². The van der Waals surface area contributed by atoms with Gasteiger partial charge in [-0.2, -0.15) is 0 Å². The predicted octanol–water partition coefficient (Wildman–Crippen LogP) is 2.15. The maximum Gasteiger partial charge on any atom is 0.214 e. The van der Waals surface area contributed by atoms with E-state index in [2.05, 4.69) is 4.98 Å². The van der Waals surface area contributed by atoms with Gasteiger partial charge in [-0.25, -0.2) is 4.98 Å². The van der Waals surface area contributed by atoms with E-state index in [4.69, 9.17) is 22.1 Å². The molecule has 1 rings (SSSR count). The van der Waals surface area contributed by atoms with E-state index in [1.165, 1.54) is 0 Å². The number of nitrogens with zero attached hydrogens (tertiary/aromatic N) is 1. The standard InChI is InChI=1S/C9H13ClN2O/c1-3-7(11)6-4-8(10)12-9(5-6)13-2/h4-5,7H,3,11H2,1-2H3/t7-/m0/s1. The zero-order valence-corrected chi connectivity index (χ0v) is 8.51. The predicted molar refractivity (Wildman–Crippen MR) is 53.0 cm³/mol. The number of pyridine rings is 1. The van der Waals surface area contributed by atoms with Gasteiger partial charge in [-0.15, -0.1) is 0 Å². The van der Waals surface area contributed by atoms with Gasteiger partial charge in [0, 0.05) is 12.1 Å². The highest BCUT2D eigenvalue weighted by Gasteiger charge is 2.07. The third kappa shape index (κ3) is 2.57. The van der Waals surface area contributed by atoms with Crippen LogP contribution in [0.15, 0.2) is 12.1 Å². The summed E-state index contributed by atoms with van der Waals surface area (Å²) >= 11 is 5.78. The van der Waals surface area contributed by atoms with Crippen molar-refractivity contribution in [1.82, 2.24) is 4.98 Å². The SMILES string of the molecule is CC[C@H](N)c1cc(Cl)nc(OC)c1. The number of nitrogens with two attached hydrogens (primary N) is 1. The first-order valence-electron chi connectivity index (χ1n) is 4.14. The maximum atomic E-state index is 5.84. The van der Waals surface area contributed by atoms with Crippen molar-refractivity contribution in [3.63, 3.8) is 0 Å². The number of ether oxygens (including phenoxy) is 1. The lowest BCUT2D eigenvalue weighted by molar-refractivity contribution is 0.397. The van der Waals surface area contributed by atoms with Crippen LogP contribution in [0.4, 0.5) is 0 Å². The van der Waals surface area contributed by atoms with Gasteiger partial charge in [0.15, 0.2) is 0 Å². The van der Waals surface area contributed by atoms with Crippen LogP contribution in [-0.2, 0) is 0 Å². The van der Waals surface area contributed by atoms with E-state index in [-0.39, 0.29) is 6.04 Å². The number of rotatable bonds is 3. The van der Waals surface area contributed by atoms with Crippen LogP contribution in [0.2, 0.25) is 5.15 Å². The first-order chi connectivity index (χ1) is 6.17. The van der Waals surface area contributed by atoms with Crippen LogP contribution >= 0.6 is 11.6 Å². The molecule has 0 fully saturated rings. The molecule has 1 aromatic rings. The highest BCUT2D eigenvalue weighted by molar-refractivity contribution is 6.29. The van der Waals surface area contributed by atoms with Gasteiger partial charge in [0.25, 0.3) is 0 Å². The van der Waals surface area contributed by atoms with Gasteiger partial charge in [-0.05, 0) is 18.1 Å². The summed E-state index contributed by atoms with van der Waals surface area (Å²) in [4.78, 5) is 3.96. The van der Waals surface area contributed by atoms with Crippen molar-refractivity contribution in [1.29, 1.82) is 0 Å². The molecule has 0 saturated heterocycles. The van der Waals surface area contributed by atoms with Crippen molar-refractivity contribution in [3.8, 4) is 5.88 Å². The number of aromatic nitrogens is 1. The Kier molecular flexibility index (Phi) is 3.51. The fraction of sp³-hybridized carbons (Fsp3) is 0.444. The lowest BCUT2D eigenvalue weighted by Crippen LogP contribution is -2.09. The second kappa shape index (κ2) is 4.44. The Labute approximate surface area is 82.9 Å². The summed E-state index contributed by atoms with van der Waals surface area (Å²) in [5.41, 5.74) is 6.80. The molecule has 0 bridgehead atoms. The molecule has 0 saturated carbocycles. The fourth-order valence-electron chi connectivity index (χ4n) is 1.05. The molecular weight excluding hydrogens is 188 g/mol. The van der Waals surface area contributed by atoms with Crippen molar-refractivity contribution in [3.05, 3.63) is 22.8 Å². The quantitative estimate of drug-likeness (QED) is 0.761. The summed E-state index contributed by atoms with van der Waals surface area (Å²) in [6, 6.07) is 3.56. The smallest absolute Gasteiger partial charge is 0.214 e. The number of halogens is 1. The summed E-state index contributed by atoms with van der Waals surface area (Å²) in [6.07, 6.45) is 0.865. The van der Waals surface area contributed by atoms with Crippen molar-refractivity contribution in [2.24, 2.45) is 5.73 Å². The molecule has 0 aliphatic rings. The van der Waals surface area contributed by atoms with Gasteiger partial charge in [0.1, 0.15) is 5.15 Å². The average molecular weight is 201 g/mol. The molecule has 0 aliphatic heterocycles. The fourth-order valence-corrected chi connectivity index (χ4v) is 1.26.